The highest BCUT2D eigenvalue weighted by molar-refractivity contribution is 14.1. The van der Waals surface area contributed by atoms with Crippen molar-refractivity contribution in [2.24, 2.45) is 0 Å². The maximum Gasteiger partial charge on any atom is 0.182 e. The van der Waals surface area contributed by atoms with Crippen LogP contribution in [0.1, 0.15) is 11.1 Å². The van der Waals surface area contributed by atoms with Crippen molar-refractivity contribution in [3.05, 3.63) is 63.2 Å². The van der Waals surface area contributed by atoms with Crippen molar-refractivity contribution < 1.29 is 8.42 Å². The van der Waals surface area contributed by atoms with Crippen LogP contribution in [0.4, 0.5) is 0 Å². The van der Waals surface area contributed by atoms with Gasteiger partial charge in [0.05, 0.1) is 10.6 Å². The first-order chi connectivity index (χ1) is 8.47. The second-order valence-electron chi connectivity index (χ2n) is 4.20. The molecule has 2 nitrogen and oxygen atoms in total. The van der Waals surface area contributed by atoms with Crippen LogP contribution < -0.4 is 0 Å². The molecule has 0 aliphatic rings. The molecule has 0 aromatic heterocycles. The fourth-order valence-corrected chi connectivity index (χ4v) is 3.34. The van der Waals surface area contributed by atoms with Crippen LogP contribution in [0.3, 0.4) is 0 Å². The summed E-state index contributed by atoms with van der Waals surface area (Å²) in [4.78, 5) is 0.381. The highest BCUT2D eigenvalue weighted by Gasteiger charge is 2.14. The van der Waals surface area contributed by atoms with Crippen molar-refractivity contribution in [3.63, 3.8) is 0 Å². The predicted octanol–water partition coefficient (Wildman–Crippen LogP) is 3.57. The first kappa shape index (κ1) is 13.5. The molecule has 0 heterocycles. The Hall–Kier alpha value is -0.880. The van der Waals surface area contributed by atoms with E-state index in [0.29, 0.717) is 4.90 Å². The van der Waals surface area contributed by atoms with Gasteiger partial charge in [-0.2, -0.15) is 0 Å². The summed E-state index contributed by atoms with van der Waals surface area (Å²) in [5.41, 5.74) is 1.87. The second kappa shape index (κ2) is 5.40. The van der Waals surface area contributed by atoms with Gasteiger partial charge < -0.3 is 0 Å². The molecule has 0 saturated heterocycles. The van der Waals surface area contributed by atoms with Crippen molar-refractivity contribution in [1.29, 1.82) is 0 Å². The van der Waals surface area contributed by atoms with Gasteiger partial charge in [0.15, 0.2) is 9.84 Å². The molecule has 0 bridgehead atoms. The van der Waals surface area contributed by atoms with Crippen molar-refractivity contribution in [2.75, 3.05) is 0 Å². The van der Waals surface area contributed by atoms with E-state index in [4.69, 9.17) is 0 Å². The van der Waals surface area contributed by atoms with Gasteiger partial charge in [-0.25, -0.2) is 8.42 Å². The molecule has 0 radical (unpaired) electrons. The van der Waals surface area contributed by atoms with E-state index in [1.54, 1.807) is 12.1 Å². The molecular formula is C14H13IO2S. The number of halogens is 1. The molecule has 2 aromatic carbocycles. The van der Waals surface area contributed by atoms with Gasteiger partial charge in [0.1, 0.15) is 0 Å². The number of hydrogen-bond donors (Lipinski definition) is 0. The third kappa shape index (κ3) is 3.32. The third-order valence-electron chi connectivity index (χ3n) is 2.65. The monoisotopic (exact) mass is 372 g/mol. The van der Waals surface area contributed by atoms with Crippen molar-refractivity contribution in [1.82, 2.24) is 0 Å². The van der Waals surface area contributed by atoms with Crippen molar-refractivity contribution in [3.8, 4) is 0 Å². The highest BCUT2D eigenvalue weighted by atomic mass is 127. The van der Waals surface area contributed by atoms with E-state index in [9.17, 15) is 8.42 Å². The lowest BCUT2D eigenvalue weighted by atomic mass is 10.2. The molecule has 94 valence electrons. The van der Waals surface area contributed by atoms with Gasteiger partial charge in [-0.05, 0) is 59.3 Å². The maximum atomic E-state index is 12.2. The number of rotatable bonds is 3. The molecule has 0 unspecified atom stereocenters. The van der Waals surface area contributed by atoms with Crippen LogP contribution in [0.15, 0.2) is 53.4 Å². The molecule has 4 heteroatoms. The topological polar surface area (TPSA) is 34.1 Å². The number of aryl methyl sites for hydroxylation is 1. The van der Waals surface area contributed by atoms with Crippen molar-refractivity contribution >= 4 is 32.4 Å². The van der Waals surface area contributed by atoms with Crippen molar-refractivity contribution in [2.45, 2.75) is 17.6 Å². The Balaban J connectivity index is 2.27. The summed E-state index contributed by atoms with van der Waals surface area (Å²) in [5, 5.41) is 0. The summed E-state index contributed by atoms with van der Waals surface area (Å²) in [7, 11) is -3.25. The van der Waals surface area contributed by atoms with E-state index in [1.165, 1.54) is 0 Å². The Morgan fingerprint density at radius 2 is 1.50 bits per heavy atom. The fourth-order valence-electron chi connectivity index (χ4n) is 1.63. The summed E-state index contributed by atoms with van der Waals surface area (Å²) >= 11 is 2.20. The zero-order chi connectivity index (χ0) is 13.2. The SMILES string of the molecule is Cc1ccc(S(=O)(=O)Cc2ccc(I)cc2)cc1. The average molecular weight is 372 g/mol. The molecule has 2 aromatic rings. The summed E-state index contributed by atoms with van der Waals surface area (Å²) < 4.78 is 25.5. The molecule has 0 saturated carbocycles. The van der Waals surface area contributed by atoms with Crippen LogP contribution >= 0.6 is 22.6 Å². The normalized spacial score (nSPS) is 11.4. The lowest BCUT2D eigenvalue weighted by Crippen LogP contribution is -2.04. The number of sulfone groups is 1. The molecule has 18 heavy (non-hydrogen) atoms. The average Bonchev–Trinajstić information content (AvgIpc) is 2.32. The molecular weight excluding hydrogens is 359 g/mol. The Bertz CT molecular complexity index is 628. The second-order valence-corrected chi connectivity index (χ2v) is 7.43. The highest BCUT2D eigenvalue weighted by Crippen LogP contribution is 2.17. The first-order valence-electron chi connectivity index (χ1n) is 5.51. The van der Waals surface area contributed by atoms with E-state index in [-0.39, 0.29) is 5.75 Å². The Kier molecular flexibility index (Phi) is 4.07. The molecule has 0 fully saturated rings. The lowest BCUT2D eigenvalue weighted by Gasteiger charge is -2.05. The van der Waals surface area contributed by atoms with Gasteiger partial charge in [0, 0.05) is 3.57 Å². The quantitative estimate of drug-likeness (QED) is 0.772. The van der Waals surface area contributed by atoms with Crippen LogP contribution in [0.5, 0.6) is 0 Å². The molecule has 0 amide bonds. The van der Waals surface area contributed by atoms with Crippen LogP contribution in [0, 0.1) is 10.5 Å². The van der Waals surface area contributed by atoms with Crippen LogP contribution in [-0.2, 0) is 15.6 Å². The standard InChI is InChI=1S/C14H13IO2S/c1-11-2-8-14(9-3-11)18(16,17)10-12-4-6-13(15)7-5-12/h2-9H,10H2,1H3. The minimum Gasteiger partial charge on any atom is -0.223 e. The van der Waals surface area contributed by atoms with Crippen LogP contribution in [0.2, 0.25) is 0 Å². The number of benzene rings is 2. The molecule has 2 rings (SSSR count). The van der Waals surface area contributed by atoms with E-state index in [2.05, 4.69) is 22.6 Å². The zero-order valence-electron chi connectivity index (χ0n) is 9.93. The fraction of sp³-hybridized carbons (Fsp3) is 0.143. The molecule has 0 atom stereocenters. The van der Waals surface area contributed by atoms with Gasteiger partial charge in [-0.3, -0.25) is 0 Å². The smallest absolute Gasteiger partial charge is 0.182 e. The first-order valence-corrected chi connectivity index (χ1v) is 8.24. The molecule has 0 aliphatic heterocycles. The zero-order valence-corrected chi connectivity index (χ0v) is 12.9. The number of hydrogen-bond acceptors (Lipinski definition) is 2. The maximum absolute atomic E-state index is 12.2. The Morgan fingerprint density at radius 1 is 0.944 bits per heavy atom. The van der Waals surface area contributed by atoms with Gasteiger partial charge in [-0.1, -0.05) is 29.8 Å². The molecule has 0 N–H and O–H groups in total. The van der Waals surface area contributed by atoms with Gasteiger partial charge in [-0.15, -0.1) is 0 Å². The lowest BCUT2D eigenvalue weighted by molar-refractivity contribution is 0.595. The van der Waals surface area contributed by atoms with Crippen LogP contribution in [0.25, 0.3) is 0 Å². The summed E-state index contributed by atoms with van der Waals surface area (Å²) in [6.07, 6.45) is 0. The van der Waals surface area contributed by atoms with E-state index < -0.39 is 9.84 Å². The Morgan fingerprint density at radius 3 is 2.06 bits per heavy atom. The van der Waals surface area contributed by atoms with E-state index in [1.807, 2.05) is 43.3 Å². The summed E-state index contributed by atoms with van der Waals surface area (Å²) in [6, 6.07) is 14.5. The largest absolute Gasteiger partial charge is 0.223 e. The Labute approximate surface area is 121 Å². The minimum absolute atomic E-state index is 0.0486. The molecule has 0 spiro atoms. The molecule has 0 aliphatic carbocycles. The summed E-state index contributed by atoms with van der Waals surface area (Å²) in [6.45, 7) is 1.94. The predicted molar refractivity (Wildman–Crippen MR) is 81.2 cm³/mol. The van der Waals surface area contributed by atoms with Gasteiger partial charge in [0.25, 0.3) is 0 Å². The van der Waals surface area contributed by atoms with E-state index in [0.717, 1.165) is 14.7 Å². The minimum atomic E-state index is -3.25. The van der Waals surface area contributed by atoms with Gasteiger partial charge >= 0.3 is 0 Å². The van der Waals surface area contributed by atoms with Gasteiger partial charge in [0.2, 0.25) is 0 Å². The van der Waals surface area contributed by atoms with E-state index >= 15 is 0 Å². The van der Waals surface area contributed by atoms with Crippen LogP contribution in [-0.4, -0.2) is 8.42 Å². The third-order valence-corrected chi connectivity index (χ3v) is 5.07. The summed E-state index contributed by atoms with van der Waals surface area (Å²) in [5.74, 6) is 0.0486.